The van der Waals surface area contributed by atoms with Crippen molar-refractivity contribution >= 4 is 17.5 Å². The summed E-state index contributed by atoms with van der Waals surface area (Å²) in [6.07, 6.45) is 5.44. The average molecular weight is 331 g/mol. The predicted octanol–water partition coefficient (Wildman–Crippen LogP) is 1.85. The van der Waals surface area contributed by atoms with Crippen LogP contribution in [-0.2, 0) is 16.1 Å². The number of methoxy groups -OCH3 is 1. The van der Waals surface area contributed by atoms with Crippen molar-refractivity contribution in [3.05, 3.63) is 42.0 Å². The number of benzene rings is 1. The maximum absolute atomic E-state index is 11.8. The number of para-hydroxylation sites is 1. The molecule has 0 saturated carbocycles. The van der Waals surface area contributed by atoms with Gasteiger partial charge in [-0.15, -0.1) is 0 Å². The molecule has 6 heteroatoms. The van der Waals surface area contributed by atoms with Crippen LogP contribution in [0.3, 0.4) is 0 Å². The zero-order valence-corrected chi connectivity index (χ0v) is 14.5. The van der Waals surface area contributed by atoms with Crippen LogP contribution >= 0.6 is 0 Å². The Morgan fingerprint density at radius 2 is 1.92 bits per heavy atom. The fourth-order valence-corrected chi connectivity index (χ4v) is 2.01. The zero-order valence-electron chi connectivity index (χ0n) is 14.5. The van der Waals surface area contributed by atoms with Crippen molar-refractivity contribution in [1.82, 2.24) is 10.6 Å². The minimum absolute atomic E-state index is 0.233. The number of ether oxygens (including phenoxy) is 1. The van der Waals surface area contributed by atoms with E-state index < -0.39 is 11.8 Å². The molecule has 0 radical (unpaired) electrons. The minimum atomic E-state index is -0.667. The van der Waals surface area contributed by atoms with E-state index in [1.54, 1.807) is 20.2 Å². The van der Waals surface area contributed by atoms with E-state index in [1.807, 2.05) is 37.3 Å². The second kappa shape index (κ2) is 11.0. The summed E-state index contributed by atoms with van der Waals surface area (Å²) in [6, 6.07) is 7.33. The van der Waals surface area contributed by atoms with Crippen molar-refractivity contribution in [2.45, 2.75) is 26.3 Å². The van der Waals surface area contributed by atoms with Gasteiger partial charge < -0.3 is 15.4 Å². The molecule has 1 aromatic rings. The summed E-state index contributed by atoms with van der Waals surface area (Å²) in [5, 5.41) is 5.18. The molecule has 0 aliphatic carbocycles. The highest BCUT2D eigenvalue weighted by Gasteiger charge is 2.13. The van der Waals surface area contributed by atoms with Gasteiger partial charge in [-0.3, -0.25) is 14.6 Å². The van der Waals surface area contributed by atoms with E-state index >= 15 is 0 Å². The minimum Gasteiger partial charge on any atom is -0.496 e. The topological polar surface area (TPSA) is 79.8 Å². The molecule has 0 bridgehead atoms. The van der Waals surface area contributed by atoms with Crippen LogP contribution in [0.5, 0.6) is 5.75 Å². The van der Waals surface area contributed by atoms with Crippen molar-refractivity contribution < 1.29 is 14.3 Å². The van der Waals surface area contributed by atoms with Gasteiger partial charge in [-0.2, -0.15) is 0 Å². The Morgan fingerprint density at radius 1 is 1.21 bits per heavy atom. The van der Waals surface area contributed by atoms with Crippen LogP contribution in [0.4, 0.5) is 0 Å². The number of nitrogens with one attached hydrogen (secondary N) is 2. The standard InChI is InChI=1S/C18H25N3O3/c1-4-5-9-15(19-2)11-12-20-17(22)18(23)21-13-14-8-6-7-10-16(14)24-3/h5-10H,4,11-13H2,1-3H3,(H,20,22)(H,21,23)/b9-5-,19-15?. The van der Waals surface area contributed by atoms with Crippen LogP contribution in [0.1, 0.15) is 25.3 Å². The Kier molecular flexibility index (Phi) is 8.89. The van der Waals surface area contributed by atoms with E-state index in [-0.39, 0.29) is 6.54 Å². The number of nitrogens with zero attached hydrogens (tertiary/aromatic N) is 1. The molecule has 2 N–H and O–H groups in total. The third kappa shape index (κ3) is 6.64. The lowest BCUT2D eigenvalue weighted by Gasteiger charge is -2.09. The van der Waals surface area contributed by atoms with Gasteiger partial charge in [0.2, 0.25) is 0 Å². The van der Waals surface area contributed by atoms with Gasteiger partial charge in [0.1, 0.15) is 5.75 Å². The highest BCUT2D eigenvalue weighted by atomic mass is 16.5. The number of carbonyl (C=O) groups excluding carboxylic acids is 2. The van der Waals surface area contributed by atoms with Gasteiger partial charge in [0.15, 0.2) is 0 Å². The van der Waals surface area contributed by atoms with Crippen molar-refractivity contribution in [2.75, 3.05) is 20.7 Å². The lowest BCUT2D eigenvalue weighted by atomic mass is 10.2. The number of hydrogen-bond acceptors (Lipinski definition) is 4. The van der Waals surface area contributed by atoms with E-state index in [1.165, 1.54) is 0 Å². The molecule has 0 aliphatic heterocycles. The summed E-state index contributed by atoms with van der Waals surface area (Å²) in [5.41, 5.74) is 1.69. The monoisotopic (exact) mass is 331 g/mol. The third-order valence-corrected chi connectivity index (χ3v) is 3.34. The molecule has 0 heterocycles. The Morgan fingerprint density at radius 3 is 2.58 bits per heavy atom. The second-order valence-electron chi connectivity index (χ2n) is 5.03. The van der Waals surface area contributed by atoms with E-state index in [4.69, 9.17) is 4.74 Å². The van der Waals surface area contributed by atoms with Gasteiger partial charge in [-0.05, 0) is 18.6 Å². The van der Waals surface area contributed by atoms with Crippen LogP contribution in [0.25, 0.3) is 0 Å². The molecule has 6 nitrogen and oxygen atoms in total. The van der Waals surface area contributed by atoms with Gasteiger partial charge >= 0.3 is 11.8 Å². The SMILES string of the molecule is CC/C=C\C(CCNC(=O)C(=O)NCc1ccccc1OC)=NC. The number of carbonyl (C=O) groups is 2. The van der Waals surface area contributed by atoms with Gasteiger partial charge in [-0.25, -0.2) is 0 Å². The van der Waals surface area contributed by atoms with Crippen molar-refractivity contribution in [2.24, 2.45) is 4.99 Å². The van der Waals surface area contributed by atoms with Gasteiger partial charge in [-0.1, -0.05) is 31.2 Å². The Labute approximate surface area is 143 Å². The Balaban J connectivity index is 2.40. The van der Waals surface area contributed by atoms with Crippen LogP contribution < -0.4 is 15.4 Å². The molecular formula is C18H25N3O3. The first-order chi connectivity index (χ1) is 11.6. The molecule has 0 spiro atoms. The number of rotatable bonds is 8. The molecule has 0 unspecified atom stereocenters. The van der Waals surface area contributed by atoms with E-state index in [0.29, 0.717) is 18.7 Å². The quantitative estimate of drug-likeness (QED) is 0.563. The number of amides is 2. The molecule has 0 saturated heterocycles. The first kappa shape index (κ1) is 19.4. The molecule has 0 fully saturated rings. The smallest absolute Gasteiger partial charge is 0.309 e. The summed E-state index contributed by atoms with van der Waals surface area (Å²) in [5.74, 6) is -0.649. The summed E-state index contributed by atoms with van der Waals surface area (Å²) >= 11 is 0. The number of allylic oxidation sites excluding steroid dienone is 2. The number of aliphatic imine (C=N–C) groups is 1. The van der Waals surface area contributed by atoms with E-state index in [2.05, 4.69) is 15.6 Å². The summed E-state index contributed by atoms with van der Waals surface area (Å²) in [6.45, 7) is 2.64. The van der Waals surface area contributed by atoms with Gasteiger partial charge in [0, 0.05) is 37.8 Å². The summed E-state index contributed by atoms with van der Waals surface area (Å²) < 4.78 is 5.20. The van der Waals surface area contributed by atoms with Crippen molar-refractivity contribution in [3.63, 3.8) is 0 Å². The Hall–Kier alpha value is -2.63. The van der Waals surface area contributed by atoms with Gasteiger partial charge in [0.05, 0.1) is 7.11 Å². The lowest BCUT2D eigenvalue weighted by Crippen LogP contribution is -2.40. The first-order valence-corrected chi connectivity index (χ1v) is 7.92. The largest absolute Gasteiger partial charge is 0.496 e. The number of hydrogen-bond donors (Lipinski definition) is 2. The van der Waals surface area contributed by atoms with E-state index in [0.717, 1.165) is 17.7 Å². The molecule has 24 heavy (non-hydrogen) atoms. The molecule has 130 valence electrons. The molecule has 0 atom stereocenters. The second-order valence-corrected chi connectivity index (χ2v) is 5.03. The van der Waals surface area contributed by atoms with Crippen molar-refractivity contribution in [1.29, 1.82) is 0 Å². The molecule has 1 aromatic carbocycles. The third-order valence-electron chi connectivity index (χ3n) is 3.34. The van der Waals surface area contributed by atoms with Crippen LogP contribution in [0.2, 0.25) is 0 Å². The summed E-state index contributed by atoms with van der Waals surface area (Å²) in [4.78, 5) is 27.7. The normalized spacial score (nSPS) is 11.4. The van der Waals surface area contributed by atoms with Gasteiger partial charge in [0.25, 0.3) is 0 Å². The maximum atomic E-state index is 11.8. The fraction of sp³-hybridized carbons (Fsp3) is 0.389. The molecule has 2 amide bonds. The van der Waals surface area contributed by atoms with Crippen LogP contribution in [0, 0.1) is 0 Å². The van der Waals surface area contributed by atoms with E-state index in [9.17, 15) is 9.59 Å². The van der Waals surface area contributed by atoms with Crippen molar-refractivity contribution in [3.8, 4) is 5.75 Å². The molecule has 0 aromatic heterocycles. The first-order valence-electron chi connectivity index (χ1n) is 7.92. The highest BCUT2D eigenvalue weighted by Crippen LogP contribution is 2.16. The summed E-state index contributed by atoms with van der Waals surface area (Å²) in [7, 11) is 3.27. The molecule has 1 rings (SSSR count). The highest BCUT2D eigenvalue weighted by molar-refractivity contribution is 6.35. The fourth-order valence-electron chi connectivity index (χ4n) is 2.01. The van der Waals surface area contributed by atoms with Crippen LogP contribution in [0.15, 0.2) is 41.4 Å². The predicted molar refractivity (Wildman–Crippen MR) is 95.3 cm³/mol. The lowest BCUT2D eigenvalue weighted by molar-refractivity contribution is -0.139. The average Bonchev–Trinajstić information content (AvgIpc) is 2.62. The zero-order chi connectivity index (χ0) is 17.8. The van der Waals surface area contributed by atoms with Crippen LogP contribution in [-0.4, -0.2) is 38.2 Å². The molecular weight excluding hydrogens is 306 g/mol. The molecule has 0 aliphatic rings. The maximum Gasteiger partial charge on any atom is 0.309 e. The Bertz CT molecular complexity index is 609.